The first-order valence-corrected chi connectivity index (χ1v) is 10.0. The Morgan fingerprint density at radius 3 is 2.67 bits per heavy atom. The van der Waals surface area contributed by atoms with E-state index in [1.165, 1.54) is 0 Å². The lowest BCUT2D eigenvalue weighted by Crippen LogP contribution is -2.59. The fraction of sp³-hybridized carbons (Fsp3) is 0.619. The molecule has 1 aliphatic carbocycles. The van der Waals surface area contributed by atoms with Crippen LogP contribution in [0, 0.1) is 5.92 Å². The predicted molar refractivity (Wildman–Crippen MR) is 103 cm³/mol. The minimum atomic E-state index is -1.53. The Morgan fingerprint density at radius 1 is 1.20 bits per heavy atom. The molecule has 0 saturated carbocycles. The van der Waals surface area contributed by atoms with E-state index in [1.54, 1.807) is 6.08 Å². The van der Waals surface area contributed by atoms with E-state index in [0.29, 0.717) is 36.8 Å². The van der Waals surface area contributed by atoms with E-state index < -0.39 is 49.4 Å². The molecule has 0 unspecified atom stereocenters. The fourth-order valence-electron chi connectivity index (χ4n) is 3.92. The van der Waals surface area contributed by atoms with Crippen LogP contribution in [0.25, 0.3) is 0 Å². The van der Waals surface area contributed by atoms with Crippen molar-refractivity contribution in [2.24, 2.45) is 5.92 Å². The summed E-state index contributed by atoms with van der Waals surface area (Å²) in [6.45, 7) is 3.27. The van der Waals surface area contributed by atoms with Gasteiger partial charge in [0.15, 0.2) is 6.29 Å². The van der Waals surface area contributed by atoms with Gasteiger partial charge >= 0.3 is 5.97 Å². The van der Waals surface area contributed by atoms with Crippen LogP contribution in [0.1, 0.15) is 25.7 Å². The molecule has 2 saturated heterocycles. The molecule has 0 amide bonds. The number of allylic oxidation sites excluding steroid dienone is 2. The smallest absolute Gasteiger partial charge is 0.334 e. The van der Waals surface area contributed by atoms with Crippen molar-refractivity contribution >= 4 is 12.3 Å². The highest BCUT2D eigenvalue weighted by Crippen LogP contribution is 2.34. The third-order valence-electron chi connectivity index (χ3n) is 5.80. The van der Waals surface area contributed by atoms with Gasteiger partial charge in [0.2, 0.25) is 0 Å². The minimum absolute atomic E-state index is 0.000198. The summed E-state index contributed by atoms with van der Waals surface area (Å²) in [5, 5.41) is 39.2. The van der Waals surface area contributed by atoms with Crippen LogP contribution < -0.4 is 0 Å². The van der Waals surface area contributed by atoms with Crippen molar-refractivity contribution in [1.82, 2.24) is 0 Å². The third kappa shape index (κ3) is 4.88. The zero-order chi connectivity index (χ0) is 21.8. The van der Waals surface area contributed by atoms with Crippen LogP contribution in [0.2, 0.25) is 0 Å². The monoisotopic (exact) mass is 424 g/mol. The quantitative estimate of drug-likeness (QED) is 0.199. The molecule has 9 heteroatoms. The first-order chi connectivity index (χ1) is 14.3. The van der Waals surface area contributed by atoms with Crippen molar-refractivity contribution in [2.45, 2.75) is 62.5 Å². The van der Waals surface area contributed by atoms with Crippen molar-refractivity contribution in [3.63, 3.8) is 0 Å². The number of rotatable bonds is 5. The highest BCUT2D eigenvalue weighted by atomic mass is 16.7. The summed E-state index contributed by atoms with van der Waals surface area (Å²) in [4.78, 5) is 23.3. The molecular formula is C21H28O9. The zero-order valence-corrected chi connectivity index (χ0v) is 16.6. The molecule has 2 fully saturated rings. The summed E-state index contributed by atoms with van der Waals surface area (Å²) < 4.78 is 16.4. The van der Waals surface area contributed by atoms with Gasteiger partial charge in [-0.05, 0) is 42.9 Å². The zero-order valence-electron chi connectivity index (χ0n) is 16.6. The second kappa shape index (κ2) is 9.95. The Balaban J connectivity index is 1.74. The largest absolute Gasteiger partial charge is 0.454 e. The van der Waals surface area contributed by atoms with Gasteiger partial charge in [0, 0.05) is 11.5 Å². The molecule has 0 bridgehead atoms. The lowest BCUT2D eigenvalue weighted by Gasteiger charge is -2.39. The Bertz CT molecular complexity index is 726. The number of hydrogen-bond acceptors (Lipinski definition) is 9. The topological polar surface area (TPSA) is 143 Å². The highest BCUT2D eigenvalue weighted by molar-refractivity contribution is 5.91. The molecule has 30 heavy (non-hydrogen) atoms. The van der Waals surface area contributed by atoms with Gasteiger partial charge in [-0.1, -0.05) is 12.7 Å². The Labute approximate surface area is 174 Å². The SMILES string of the molecule is C=C1C(=O)O[C@@H]2/C=C(\CO[C@@H]3O[C@H](CO)[C@@H](O)[C@H](O)[C@H]3O)CC/C=C(/C=O)CC[C@@H]12. The number of carbonyl (C=O) groups is 2. The van der Waals surface area contributed by atoms with E-state index in [-0.39, 0.29) is 12.5 Å². The van der Waals surface area contributed by atoms with E-state index in [4.69, 9.17) is 14.2 Å². The van der Waals surface area contributed by atoms with Gasteiger partial charge in [0.1, 0.15) is 36.8 Å². The van der Waals surface area contributed by atoms with Crippen molar-refractivity contribution in [3.05, 3.63) is 35.5 Å². The van der Waals surface area contributed by atoms with Crippen LogP contribution in [0.4, 0.5) is 0 Å². The van der Waals surface area contributed by atoms with Gasteiger partial charge in [0.25, 0.3) is 0 Å². The number of hydrogen-bond donors (Lipinski definition) is 4. The number of aliphatic hydroxyl groups excluding tert-OH is 4. The molecule has 0 aromatic heterocycles. The summed E-state index contributed by atoms with van der Waals surface area (Å²) in [5.74, 6) is -0.715. The first kappa shape index (κ1) is 22.8. The summed E-state index contributed by atoms with van der Waals surface area (Å²) in [5.41, 5.74) is 1.78. The standard InChI is InChI=1S/C21H28O9/c1-11-14-6-5-12(8-22)3-2-4-13(7-15(14)29-20(11)27)10-28-21-19(26)18(25)17(24)16(9-23)30-21/h3,7-8,14-19,21,23-26H,1-2,4-6,9-10H2/b12-3+,13-7-/t14-,15+,16+,17+,18-,19+,21+/m0/s1. The molecule has 166 valence electrons. The average Bonchev–Trinajstić information content (AvgIpc) is 3.01. The molecule has 9 nitrogen and oxygen atoms in total. The van der Waals surface area contributed by atoms with Crippen LogP contribution in [-0.2, 0) is 23.8 Å². The maximum Gasteiger partial charge on any atom is 0.334 e. The van der Waals surface area contributed by atoms with Gasteiger partial charge < -0.3 is 34.6 Å². The molecule has 7 atom stereocenters. The van der Waals surface area contributed by atoms with E-state index in [9.17, 15) is 30.0 Å². The maximum atomic E-state index is 12.0. The molecule has 4 N–H and O–H groups in total. The third-order valence-corrected chi connectivity index (χ3v) is 5.80. The van der Waals surface area contributed by atoms with E-state index in [1.807, 2.05) is 6.08 Å². The number of aliphatic hydroxyl groups is 4. The van der Waals surface area contributed by atoms with Crippen LogP contribution in [0.3, 0.4) is 0 Å². The number of esters is 1. The van der Waals surface area contributed by atoms with E-state index >= 15 is 0 Å². The predicted octanol–water partition coefficient (Wildman–Crippen LogP) is -0.474. The summed E-state index contributed by atoms with van der Waals surface area (Å²) >= 11 is 0. The fourth-order valence-corrected chi connectivity index (χ4v) is 3.92. The van der Waals surface area contributed by atoms with Gasteiger partial charge in [-0.2, -0.15) is 0 Å². The number of ether oxygens (including phenoxy) is 3. The summed E-state index contributed by atoms with van der Waals surface area (Å²) in [6, 6.07) is 0. The van der Waals surface area contributed by atoms with Crippen LogP contribution >= 0.6 is 0 Å². The first-order valence-electron chi connectivity index (χ1n) is 10.0. The normalized spacial score (nSPS) is 41.1. The van der Waals surface area contributed by atoms with Crippen LogP contribution in [-0.4, -0.2) is 82.7 Å². The molecule has 0 aromatic rings. The molecule has 3 aliphatic rings. The minimum Gasteiger partial charge on any atom is -0.454 e. The van der Waals surface area contributed by atoms with Crippen molar-refractivity contribution in [2.75, 3.05) is 13.2 Å². The second-order valence-electron chi connectivity index (χ2n) is 7.81. The van der Waals surface area contributed by atoms with Crippen LogP contribution in [0.5, 0.6) is 0 Å². The van der Waals surface area contributed by atoms with Crippen LogP contribution in [0.15, 0.2) is 35.5 Å². The summed E-state index contributed by atoms with van der Waals surface area (Å²) in [7, 11) is 0. The number of fused-ring (bicyclic) bond motifs is 1. The van der Waals surface area contributed by atoms with E-state index in [0.717, 1.165) is 11.9 Å². The lowest BCUT2D eigenvalue weighted by atomic mass is 9.88. The molecule has 2 heterocycles. The number of carbonyl (C=O) groups excluding carboxylic acids is 2. The van der Waals surface area contributed by atoms with Gasteiger partial charge in [-0.3, -0.25) is 4.79 Å². The molecule has 0 radical (unpaired) electrons. The molecule has 0 spiro atoms. The Kier molecular flexibility index (Phi) is 7.56. The number of aldehydes is 1. The van der Waals surface area contributed by atoms with Crippen molar-refractivity contribution in [3.8, 4) is 0 Å². The van der Waals surface area contributed by atoms with E-state index in [2.05, 4.69) is 6.58 Å². The molecule has 0 aromatic carbocycles. The molecule has 3 rings (SSSR count). The molecular weight excluding hydrogens is 396 g/mol. The highest BCUT2D eigenvalue weighted by Gasteiger charge is 2.44. The maximum absolute atomic E-state index is 12.0. The van der Waals surface area contributed by atoms with Crippen molar-refractivity contribution in [1.29, 1.82) is 0 Å². The van der Waals surface area contributed by atoms with Crippen molar-refractivity contribution < 1.29 is 44.2 Å². The van der Waals surface area contributed by atoms with Gasteiger partial charge in [-0.15, -0.1) is 0 Å². The van der Waals surface area contributed by atoms with Gasteiger partial charge in [0.05, 0.1) is 13.2 Å². The second-order valence-corrected chi connectivity index (χ2v) is 7.81. The van der Waals surface area contributed by atoms with Gasteiger partial charge in [-0.25, -0.2) is 4.79 Å². The Morgan fingerprint density at radius 2 is 1.97 bits per heavy atom. The lowest BCUT2D eigenvalue weighted by molar-refractivity contribution is -0.299. The summed E-state index contributed by atoms with van der Waals surface area (Å²) in [6.07, 6.45) is -0.706. The molecule has 2 aliphatic heterocycles. The Hall–Kier alpha value is -1.88. The average molecular weight is 424 g/mol.